The number of rotatable bonds is 3. The number of benzene rings is 2. The van der Waals surface area contributed by atoms with Crippen molar-refractivity contribution < 1.29 is 4.79 Å². The van der Waals surface area contributed by atoms with Gasteiger partial charge in [0.1, 0.15) is 0 Å². The van der Waals surface area contributed by atoms with Crippen LogP contribution in [0.25, 0.3) is 0 Å². The molecule has 2 aromatic carbocycles. The van der Waals surface area contributed by atoms with Crippen LogP contribution in [0.1, 0.15) is 21.5 Å². The molecule has 0 spiro atoms. The second-order valence-corrected chi connectivity index (χ2v) is 6.31. The van der Waals surface area contributed by atoms with E-state index in [2.05, 4.69) is 25.1 Å². The van der Waals surface area contributed by atoms with E-state index >= 15 is 0 Å². The fourth-order valence-corrected chi connectivity index (χ4v) is 3.86. The number of aldehydes is 1. The number of carbonyl (C=O) groups excluding carboxylic acids is 1. The molecule has 0 aliphatic rings. The van der Waals surface area contributed by atoms with Crippen LogP contribution >= 0.6 is 0 Å². The van der Waals surface area contributed by atoms with Crippen LogP contribution in [0, 0.1) is 13.8 Å². The average Bonchev–Trinajstić information content (AvgIpc) is 2.33. The second kappa shape index (κ2) is 5.31. The normalized spacial score (nSPS) is 10.2. The van der Waals surface area contributed by atoms with Crippen molar-refractivity contribution in [3.8, 4) is 0 Å². The van der Waals surface area contributed by atoms with Gasteiger partial charge in [-0.2, -0.15) is 0 Å². The molecular formula is C15H14OSe. The van der Waals surface area contributed by atoms with Crippen LogP contribution in [-0.4, -0.2) is 21.2 Å². The zero-order valence-corrected chi connectivity index (χ0v) is 11.6. The summed E-state index contributed by atoms with van der Waals surface area (Å²) in [7, 11) is 0. The quantitative estimate of drug-likeness (QED) is 0.622. The summed E-state index contributed by atoms with van der Waals surface area (Å²) in [4.78, 5) is 11.1. The van der Waals surface area contributed by atoms with Gasteiger partial charge in [-0.15, -0.1) is 0 Å². The Hall–Kier alpha value is -1.37. The van der Waals surface area contributed by atoms with Gasteiger partial charge in [0.25, 0.3) is 0 Å². The fraction of sp³-hybridized carbons (Fsp3) is 0.133. The Kier molecular flexibility index (Phi) is 3.78. The second-order valence-electron chi connectivity index (χ2n) is 4.03. The van der Waals surface area contributed by atoms with E-state index in [0.29, 0.717) is 0 Å². The van der Waals surface area contributed by atoms with Crippen LogP contribution in [0.3, 0.4) is 0 Å². The topological polar surface area (TPSA) is 17.1 Å². The first-order valence-electron chi connectivity index (χ1n) is 5.50. The van der Waals surface area contributed by atoms with Gasteiger partial charge in [0.05, 0.1) is 0 Å². The van der Waals surface area contributed by atoms with Gasteiger partial charge in [-0.25, -0.2) is 0 Å². The maximum absolute atomic E-state index is 11.1. The summed E-state index contributed by atoms with van der Waals surface area (Å²) in [5.74, 6) is 0. The predicted octanol–water partition coefficient (Wildman–Crippen LogP) is 1.77. The van der Waals surface area contributed by atoms with E-state index in [1.165, 1.54) is 14.5 Å². The first kappa shape index (κ1) is 12.1. The summed E-state index contributed by atoms with van der Waals surface area (Å²) < 4.78 is 2.50. The molecule has 17 heavy (non-hydrogen) atoms. The SMILES string of the molecule is Cc1cc(C)c([Se]c2ccccc2)c(C=O)c1. The standard InChI is InChI=1S/C15H14OSe/c1-11-8-12(2)15(13(9-11)10-16)17-14-6-4-3-5-7-14/h3-10H,1-2H3. The van der Waals surface area contributed by atoms with Crippen molar-refractivity contribution in [2.75, 3.05) is 0 Å². The molecule has 0 aliphatic carbocycles. The molecule has 0 aliphatic heterocycles. The van der Waals surface area contributed by atoms with Gasteiger partial charge >= 0.3 is 108 Å². The van der Waals surface area contributed by atoms with Crippen molar-refractivity contribution in [2.24, 2.45) is 0 Å². The molecule has 0 heterocycles. The van der Waals surface area contributed by atoms with Crippen LogP contribution in [0.5, 0.6) is 0 Å². The van der Waals surface area contributed by atoms with Crippen molar-refractivity contribution >= 4 is 30.2 Å². The monoisotopic (exact) mass is 290 g/mol. The van der Waals surface area contributed by atoms with Gasteiger partial charge in [0.15, 0.2) is 0 Å². The zero-order valence-electron chi connectivity index (χ0n) is 9.94. The van der Waals surface area contributed by atoms with Crippen LogP contribution in [-0.2, 0) is 0 Å². The first-order chi connectivity index (χ1) is 8.20. The Morgan fingerprint density at radius 2 is 1.76 bits per heavy atom. The van der Waals surface area contributed by atoms with Gasteiger partial charge in [-0.1, -0.05) is 0 Å². The molecule has 0 aromatic heterocycles. The molecule has 0 bridgehead atoms. The Morgan fingerprint density at radius 1 is 1.06 bits per heavy atom. The Balaban J connectivity index is 2.42. The number of hydrogen-bond acceptors (Lipinski definition) is 1. The van der Waals surface area contributed by atoms with Crippen molar-refractivity contribution in [3.05, 3.63) is 59.2 Å². The van der Waals surface area contributed by atoms with Gasteiger partial charge in [-0.3, -0.25) is 0 Å². The summed E-state index contributed by atoms with van der Waals surface area (Å²) in [6, 6.07) is 14.5. The van der Waals surface area contributed by atoms with Crippen molar-refractivity contribution in [1.82, 2.24) is 0 Å². The van der Waals surface area contributed by atoms with Crippen molar-refractivity contribution in [2.45, 2.75) is 13.8 Å². The molecule has 2 rings (SSSR count). The molecule has 0 atom stereocenters. The maximum atomic E-state index is 11.1. The van der Waals surface area contributed by atoms with Gasteiger partial charge in [0, 0.05) is 0 Å². The minimum absolute atomic E-state index is 0.204. The Morgan fingerprint density at radius 3 is 2.41 bits per heavy atom. The summed E-state index contributed by atoms with van der Waals surface area (Å²) in [6.07, 6.45) is 0.972. The molecule has 1 nitrogen and oxygen atoms in total. The third kappa shape index (κ3) is 2.85. The van der Waals surface area contributed by atoms with E-state index in [9.17, 15) is 4.79 Å². The van der Waals surface area contributed by atoms with Crippen LogP contribution < -0.4 is 8.92 Å². The Bertz CT molecular complexity index is 532. The molecule has 0 amide bonds. The minimum atomic E-state index is 0.204. The molecule has 2 heteroatoms. The Labute approximate surface area is 108 Å². The molecule has 2 aromatic rings. The summed E-state index contributed by atoms with van der Waals surface area (Å²) in [5.41, 5.74) is 3.21. The molecule has 0 unspecified atom stereocenters. The first-order valence-corrected chi connectivity index (χ1v) is 7.21. The fourth-order valence-electron chi connectivity index (χ4n) is 1.82. The summed E-state index contributed by atoms with van der Waals surface area (Å²) in [5, 5.41) is 0. The summed E-state index contributed by atoms with van der Waals surface area (Å²) in [6.45, 7) is 4.11. The molecule has 0 saturated carbocycles. The average molecular weight is 289 g/mol. The van der Waals surface area contributed by atoms with E-state index in [4.69, 9.17) is 0 Å². The molecule has 0 radical (unpaired) electrons. The number of hydrogen-bond donors (Lipinski definition) is 0. The number of aryl methyl sites for hydroxylation is 2. The van der Waals surface area contributed by atoms with E-state index in [0.717, 1.165) is 17.4 Å². The molecular weight excluding hydrogens is 275 g/mol. The van der Waals surface area contributed by atoms with Crippen LogP contribution in [0.4, 0.5) is 0 Å². The molecule has 0 saturated heterocycles. The molecule has 0 N–H and O–H groups in total. The van der Waals surface area contributed by atoms with E-state index in [-0.39, 0.29) is 15.0 Å². The van der Waals surface area contributed by atoms with Gasteiger partial charge < -0.3 is 0 Å². The van der Waals surface area contributed by atoms with Crippen molar-refractivity contribution in [1.29, 1.82) is 0 Å². The van der Waals surface area contributed by atoms with E-state index < -0.39 is 0 Å². The third-order valence-electron chi connectivity index (χ3n) is 2.54. The van der Waals surface area contributed by atoms with Crippen molar-refractivity contribution in [3.63, 3.8) is 0 Å². The van der Waals surface area contributed by atoms with Gasteiger partial charge in [-0.05, 0) is 0 Å². The van der Waals surface area contributed by atoms with Crippen LogP contribution in [0.15, 0.2) is 42.5 Å². The summed E-state index contributed by atoms with van der Waals surface area (Å²) >= 11 is 0.204. The van der Waals surface area contributed by atoms with Gasteiger partial charge in [0.2, 0.25) is 0 Å². The van der Waals surface area contributed by atoms with Crippen LogP contribution in [0.2, 0.25) is 0 Å². The predicted molar refractivity (Wildman–Crippen MR) is 72.8 cm³/mol. The zero-order chi connectivity index (χ0) is 12.3. The molecule has 0 fully saturated rings. The third-order valence-corrected chi connectivity index (χ3v) is 5.20. The number of carbonyl (C=O) groups is 1. The van der Waals surface area contributed by atoms with E-state index in [1.807, 2.05) is 31.2 Å². The van der Waals surface area contributed by atoms with E-state index in [1.54, 1.807) is 0 Å². The molecule has 86 valence electrons.